The van der Waals surface area contributed by atoms with Crippen LogP contribution in [0.25, 0.3) is 0 Å². The molecule has 4 N–H and O–H groups in total. The van der Waals surface area contributed by atoms with Gasteiger partial charge >= 0.3 is 0 Å². The standard InChI is InChI=1S/C15H16ClN3O/c1-19(9-10-4-2-5-11(16)8-10)14-12(15(18)20)6-3-7-13(14)17/h2-8H,9,17H2,1H3,(H2,18,20). The van der Waals surface area contributed by atoms with Gasteiger partial charge in [0.1, 0.15) is 0 Å². The molecule has 1 amide bonds. The summed E-state index contributed by atoms with van der Waals surface area (Å²) in [6, 6.07) is 12.7. The van der Waals surface area contributed by atoms with E-state index in [0.29, 0.717) is 28.5 Å². The summed E-state index contributed by atoms with van der Waals surface area (Å²) in [6.07, 6.45) is 0. The molecular weight excluding hydrogens is 274 g/mol. The van der Waals surface area contributed by atoms with Gasteiger partial charge in [-0.05, 0) is 29.8 Å². The Morgan fingerprint density at radius 3 is 2.60 bits per heavy atom. The molecule has 0 aliphatic rings. The second kappa shape index (κ2) is 5.84. The van der Waals surface area contributed by atoms with Gasteiger partial charge in [0.2, 0.25) is 0 Å². The average Bonchev–Trinajstić information content (AvgIpc) is 2.38. The summed E-state index contributed by atoms with van der Waals surface area (Å²) in [7, 11) is 1.86. The van der Waals surface area contributed by atoms with Crippen molar-refractivity contribution in [1.29, 1.82) is 0 Å². The van der Waals surface area contributed by atoms with Crippen LogP contribution in [0.4, 0.5) is 11.4 Å². The lowest BCUT2D eigenvalue weighted by Crippen LogP contribution is -2.23. The molecular formula is C15H16ClN3O. The number of carbonyl (C=O) groups is 1. The van der Waals surface area contributed by atoms with E-state index < -0.39 is 5.91 Å². The second-order valence-corrected chi connectivity index (χ2v) is 5.03. The fourth-order valence-corrected chi connectivity index (χ4v) is 2.39. The molecule has 104 valence electrons. The van der Waals surface area contributed by atoms with E-state index in [-0.39, 0.29) is 0 Å². The van der Waals surface area contributed by atoms with Crippen molar-refractivity contribution in [2.45, 2.75) is 6.54 Å². The van der Waals surface area contributed by atoms with E-state index in [1.54, 1.807) is 18.2 Å². The van der Waals surface area contributed by atoms with E-state index in [2.05, 4.69) is 0 Å². The lowest BCUT2D eigenvalue weighted by atomic mass is 10.1. The third-order valence-electron chi connectivity index (χ3n) is 3.02. The summed E-state index contributed by atoms with van der Waals surface area (Å²) < 4.78 is 0. The number of para-hydroxylation sites is 1. The van der Waals surface area contributed by atoms with Crippen LogP contribution in [0.1, 0.15) is 15.9 Å². The molecule has 0 saturated carbocycles. The van der Waals surface area contributed by atoms with Gasteiger partial charge in [-0.25, -0.2) is 0 Å². The zero-order valence-electron chi connectivity index (χ0n) is 11.1. The molecule has 0 aliphatic heterocycles. The van der Waals surface area contributed by atoms with Gasteiger partial charge in [0.05, 0.1) is 16.9 Å². The van der Waals surface area contributed by atoms with Crippen LogP contribution in [0.2, 0.25) is 5.02 Å². The number of hydrogen-bond donors (Lipinski definition) is 2. The molecule has 2 rings (SSSR count). The Kier molecular flexibility index (Phi) is 4.15. The van der Waals surface area contributed by atoms with E-state index >= 15 is 0 Å². The topological polar surface area (TPSA) is 72.3 Å². The van der Waals surface area contributed by atoms with Crippen LogP contribution in [0.3, 0.4) is 0 Å². The highest BCUT2D eigenvalue weighted by molar-refractivity contribution is 6.30. The SMILES string of the molecule is CN(Cc1cccc(Cl)c1)c1c(N)cccc1C(N)=O. The number of rotatable bonds is 4. The highest BCUT2D eigenvalue weighted by Gasteiger charge is 2.15. The summed E-state index contributed by atoms with van der Waals surface area (Å²) in [5, 5.41) is 0.673. The number of nitrogen functional groups attached to an aromatic ring is 1. The first kappa shape index (κ1) is 14.2. The minimum Gasteiger partial charge on any atom is -0.397 e. The maximum Gasteiger partial charge on any atom is 0.250 e. The third-order valence-corrected chi connectivity index (χ3v) is 3.26. The van der Waals surface area contributed by atoms with E-state index in [1.165, 1.54) is 0 Å². The molecule has 20 heavy (non-hydrogen) atoms. The number of primary amides is 1. The van der Waals surface area contributed by atoms with Gasteiger partial charge in [-0.3, -0.25) is 4.79 Å². The highest BCUT2D eigenvalue weighted by atomic mass is 35.5. The predicted molar refractivity (Wildman–Crippen MR) is 82.9 cm³/mol. The largest absolute Gasteiger partial charge is 0.397 e. The zero-order chi connectivity index (χ0) is 14.7. The Morgan fingerprint density at radius 1 is 1.25 bits per heavy atom. The van der Waals surface area contributed by atoms with E-state index in [9.17, 15) is 4.79 Å². The molecule has 0 unspecified atom stereocenters. The maximum absolute atomic E-state index is 11.5. The smallest absolute Gasteiger partial charge is 0.250 e. The molecule has 0 spiro atoms. The fraction of sp³-hybridized carbons (Fsp3) is 0.133. The number of amides is 1. The second-order valence-electron chi connectivity index (χ2n) is 4.59. The van der Waals surface area contributed by atoms with Crippen molar-refractivity contribution < 1.29 is 4.79 Å². The van der Waals surface area contributed by atoms with Crippen molar-refractivity contribution in [3.63, 3.8) is 0 Å². The molecule has 4 nitrogen and oxygen atoms in total. The minimum atomic E-state index is -0.495. The quantitative estimate of drug-likeness (QED) is 0.850. The van der Waals surface area contributed by atoms with Crippen molar-refractivity contribution in [3.05, 3.63) is 58.6 Å². The van der Waals surface area contributed by atoms with Crippen LogP contribution in [-0.2, 0) is 6.54 Å². The lowest BCUT2D eigenvalue weighted by Gasteiger charge is -2.23. The van der Waals surface area contributed by atoms with Crippen molar-refractivity contribution >= 4 is 28.9 Å². The number of nitrogens with zero attached hydrogens (tertiary/aromatic N) is 1. The van der Waals surface area contributed by atoms with Crippen LogP contribution in [0.15, 0.2) is 42.5 Å². The first-order chi connectivity index (χ1) is 9.49. The van der Waals surface area contributed by atoms with Gasteiger partial charge in [-0.15, -0.1) is 0 Å². The predicted octanol–water partition coefficient (Wildman–Crippen LogP) is 2.66. The lowest BCUT2D eigenvalue weighted by molar-refractivity contribution is 0.100. The summed E-state index contributed by atoms with van der Waals surface area (Å²) in [5.74, 6) is -0.495. The van der Waals surface area contributed by atoms with Gasteiger partial charge in [0.15, 0.2) is 0 Å². The summed E-state index contributed by atoms with van der Waals surface area (Å²) in [5.41, 5.74) is 14.0. The number of nitrogens with two attached hydrogens (primary N) is 2. The molecule has 0 atom stereocenters. The van der Waals surface area contributed by atoms with Crippen molar-refractivity contribution in [2.24, 2.45) is 5.73 Å². The van der Waals surface area contributed by atoms with Crippen LogP contribution < -0.4 is 16.4 Å². The molecule has 5 heteroatoms. The molecule has 0 saturated heterocycles. The first-order valence-electron chi connectivity index (χ1n) is 6.13. The molecule has 0 aromatic heterocycles. The molecule has 0 aliphatic carbocycles. The number of benzene rings is 2. The molecule has 2 aromatic rings. The molecule has 0 bridgehead atoms. The Balaban J connectivity index is 2.34. The number of halogens is 1. The zero-order valence-corrected chi connectivity index (χ0v) is 11.9. The monoisotopic (exact) mass is 289 g/mol. The number of anilines is 2. The van der Waals surface area contributed by atoms with Crippen molar-refractivity contribution in [1.82, 2.24) is 0 Å². The van der Waals surface area contributed by atoms with Gasteiger partial charge in [0, 0.05) is 18.6 Å². The Morgan fingerprint density at radius 2 is 1.95 bits per heavy atom. The Bertz CT molecular complexity index is 643. The van der Waals surface area contributed by atoms with Gasteiger partial charge in [0.25, 0.3) is 5.91 Å². The molecule has 0 heterocycles. The van der Waals surface area contributed by atoms with Crippen molar-refractivity contribution in [2.75, 3.05) is 17.7 Å². The average molecular weight is 290 g/mol. The summed E-state index contributed by atoms with van der Waals surface area (Å²) in [6.45, 7) is 0.578. The van der Waals surface area contributed by atoms with E-state index in [0.717, 1.165) is 5.56 Å². The molecule has 2 aromatic carbocycles. The fourth-order valence-electron chi connectivity index (χ4n) is 2.17. The highest BCUT2D eigenvalue weighted by Crippen LogP contribution is 2.28. The van der Waals surface area contributed by atoms with Gasteiger partial charge in [-0.2, -0.15) is 0 Å². The molecule has 0 fully saturated rings. The number of hydrogen-bond acceptors (Lipinski definition) is 3. The van der Waals surface area contributed by atoms with Crippen molar-refractivity contribution in [3.8, 4) is 0 Å². The number of carbonyl (C=O) groups excluding carboxylic acids is 1. The van der Waals surface area contributed by atoms with E-state index in [1.807, 2.05) is 36.2 Å². The summed E-state index contributed by atoms with van der Waals surface area (Å²) in [4.78, 5) is 13.4. The Hall–Kier alpha value is -2.20. The summed E-state index contributed by atoms with van der Waals surface area (Å²) >= 11 is 5.97. The van der Waals surface area contributed by atoms with E-state index in [4.69, 9.17) is 23.1 Å². The maximum atomic E-state index is 11.5. The van der Waals surface area contributed by atoms with Gasteiger partial charge < -0.3 is 16.4 Å². The third kappa shape index (κ3) is 3.03. The first-order valence-corrected chi connectivity index (χ1v) is 6.50. The van der Waals surface area contributed by atoms with Crippen LogP contribution in [-0.4, -0.2) is 13.0 Å². The van der Waals surface area contributed by atoms with Crippen LogP contribution in [0.5, 0.6) is 0 Å². The van der Waals surface area contributed by atoms with Crippen LogP contribution >= 0.6 is 11.6 Å². The van der Waals surface area contributed by atoms with Crippen LogP contribution in [0, 0.1) is 0 Å². The minimum absolute atomic E-state index is 0.412. The normalized spacial score (nSPS) is 10.3. The molecule has 0 radical (unpaired) electrons. The Labute approximate surface area is 122 Å². The van der Waals surface area contributed by atoms with Gasteiger partial charge in [-0.1, -0.05) is 29.8 Å².